The number of carbonyl (C=O) groups is 1. The Bertz CT molecular complexity index is 155. The van der Waals surface area contributed by atoms with Gasteiger partial charge in [0.15, 0.2) is 0 Å². The molecule has 0 aliphatic carbocycles. The van der Waals surface area contributed by atoms with Crippen molar-refractivity contribution in [1.29, 1.82) is 0 Å². The van der Waals surface area contributed by atoms with Crippen molar-refractivity contribution < 1.29 is 19.7 Å². The monoisotopic (exact) mass is 177 g/mol. The molecule has 2 unspecified atom stereocenters. The molecule has 5 nitrogen and oxygen atoms in total. The van der Waals surface area contributed by atoms with Crippen LogP contribution in [0.3, 0.4) is 0 Å². The highest BCUT2D eigenvalue weighted by Crippen LogP contribution is 1.99. The predicted molar refractivity (Wildman–Crippen MR) is 42.3 cm³/mol. The molecule has 0 aliphatic heterocycles. The van der Waals surface area contributed by atoms with E-state index in [0.29, 0.717) is 0 Å². The Morgan fingerprint density at radius 1 is 1.75 bits per heavy atom. The van der Waals surface area contributed by atoms with E-state index in [1.165, 1.54) is 6.92 Å². The summed E-state index contributed by atoms with van der Waals surface area (Å²) in [6.45, 7) is 2.46. The maximum Gasteiger partial charge on any atom is 0.334 e. The van der Waals surface area contributed by atoms with Gasteiger partial charge in [0.1, 0.15) is 12.7 Å². The van der Waals surface area contributed by atoms with E-state index in [2.05, 4.69) is 4.74 Å². The third kappa shape index (κ3) is 4.27. The minimum Gasteiger partial charge on any atom is -0.462 e. The molecule has 72 valence electrons. The number of carbonyl (C=O) groups excluding carboxylic acids is 1. The predicted octanol–water partition coefficient (Wildman–Crippen LogP) is -1.38. The van der Waals surface area contributed by atoms with Crippen molar-refractivity contribution in [2.24, 2.45) is 5.73 Å². The largest absolute Gasteiger partial charge is 0.462 e. The zero-order valence-electron chi connectivity index (χ0n) is 7.28. The molecule has 0 bridgehead atoms. The van der Waals surface area contributed by atoms with E-state index in [9.17, 15) is 4.79 Å². The van der Waals surface area contributed by atoms with Crippen LogP contribution in [0.4, 0.5) is 0 Å². The van der Waals surface area contributed by atoms with E-state index >= 15 is 0 Å². The number of aliphatic hydroxyl groups is 2. The molecule has 5 heteroatoms. The molecule has 0 fully saturated rings. The lowest BCUT2D eigenvalue weighted by molar-refractivity contribution is -0.154. The van der Waals surface area contributed by atoms with Crippen LogP contribution < -0.4 is 5.73 Å². The van der Waals surface area contributed by atoms with Crippen LogP contribution in [0.2, 0.25) is 0 Å². The molecule has 0 radical (unpaired) electrons. The normalized spacial score (nSPS) is 18.1. The third-order valence-corrected chi connectivity index (χ3v) is 1.25. The lowest BCUT2D eigenvalue weighted by atomic mass is 10.1. The van der Waals surface area contributed by atoms with Crippen molar-refractivity contribution >= 4 is 5.97 Å². The van der Waals surface area contributed by atoms with Gasteiger partial charge in [-0.25, -0.2) is 4.79 Å². The van der Waals surface area contributed by atoms with Gasteiger partial charge in [-0.2, -0.15) is 0 Å². The molecule has 0 aliphatic rings. The SMILES string of the molecule is CC(O)C(=O)OCC(C)(N)CO. The molecule has 4 N–H and O–H groups in total. The van der Waals surface area contributed by atoms with E-state index < -0.39 is 17.6 Å². The fraction of sp³-hybridized carbons (Fsp3) is 0.857. The first-order valence-electron chi connectivity index (χ1n) is 3.63. The van der Waals surface area contributed by atoms with Gasteiger partial charge in [-0.1, -0.05) is 0 Å². The van der Waals surface area contributed by atoms with Gasteiger partial charge in [-0.05, 0) is 13.8 Å². The van der Waals surface area contributed by atoms with Crippen molar-refractivity contribution in [2.75, 3.05) is 13.2 Å². The number of hydrogen-bond acceptors (Lipinski definition) is 5. The average Bonchev–Trinajstić information content (AvgIpc) is 2.00. The summed E-state index contributed by atoms with van der Waals surface area (Å²) in [5.74, 6) is -0.736. The number of aliphatic hydroxyl groups excluding tert-OH is 2. The molecule has 0 spiro atoms. The highest BCUT2D eigenvalue weighted by molar-refractivity contribution is 5.73. The summed E-state index contributed by atoms with van der Waals surface area (Å²) in [6.07, 6.45) is -1.15. The van der Waals surface area contributed by atoms with Crippen LogP contribution in [0, 0.1) is 0 Å². The molecule has 0 rings (SSSR count). The molecule has 2 atom stereocenters. The van der Waals surface area contributed by atoms with Crippen LogP contribution >= 0.6 is 0 Å². The number of hydrogen-bond donors (Lipinski definition) is 3. The van der Waals surface area contributed by atoms with E-state index in [1.807, 2.05) is 0 Å². The van der Waals surface area contributed by atoms with Crippen molar-refractivity contribution in [2.45, 2.75) is 25.5 Å². The quantitative estimate of drug-likeness (QED) is 0.460. The minimum absolute atomic E-state index is 0.104. The van der Waals surface area contributed by atoms with Crippen LogP contribution in [-0.4, -0.2) is 41.0 Å². The molecule has 0 aromatic rings. The lowest BCUT2D eigenvalue weighted by Gasteiger charge is -2.21. The van der Waals surface area contributed by atoms with Crippen LogP contribution in [0.1, 0.15) is 13.8 Å². The molecule has 0 amide bonds. The third-order valence-electron chi connectivity index (χ3n) is 1.25. The van der Waals surface area contributed by atoms with Gasteiger partial charge in [0, 0.05) is 0 Å². The summed E-state index contributed by atoms with van der Waals surface area (Å²) in [4.78, 5) is 10.7. The Hall–Kier alpha value is -0.650. The van der Waals surface area contributed by atoms with Crippen LogP contribution in [-0.2, 0) is 9.53 Å². The first kappa shape index (κ1) is 11.4. The summed E-state index contributed by atoms with van der Waals surface area (Å²) >= 11 is 0. The van der Waals surface area contributed by atoms with Crippen molar-refractivity contribution in [3.8, 4) is 0 Å². The highest BCUT2D eigenvalue weighted by Gasteiger charge is 2.20. The molecule has 0 saturated carbocycles. The molecular weight excluding hydrogens is 162 g/mol. The molecule has 12 heavy (non-hydrogen) atoms. The highest BCUT2D eigenvalue weighted by atomic mass is 16.5. The summed E-state index contributed by atoms with van der Waals surface area (Å²) < 4.78 is 4.59. The summed E-state index contributed by atoms with van der Waals surface area (Å²) in [5, 5.41) is 17.4. The zero-order chi connectivity index (χ0) is 9.78. The van der Waals surface area contributed by atoms with Crippen molar-refractivity contribution in [1.82, 2.24) is 0 Å². The fourth-order valence-electron chi connectivity index (χ4n) is 0.402. The smallest absolute Gasteiger partial charge is 0.334 e. The topological polar surface area (TPSA) is 92.8 Å². The summed E-state index contributed by atoms with van der Waals surface area (Å²) in [6, 6.07) is 0. The number of rotatable bonds is 4. The Morgan fingerprint density at radius 3 is 2.58 bits per heavy atom. The van der Waals surface area contributed by atoms with Gasteiger partial charge in [0.05, 0.1) is 12.1 Å². The first-order chi connectivity index (χ1) is 5.39. The van der Waals surface area contributed by atoms with Crippen molar-refractivity contribution in [3.63, 3.8) is 0 Å². The Labute approximate surface area is 71.1 Å². The average molecular weight is 177 g/mol. The molecule has 0 heterocycles. The molecule has 0 saturated heterocycles. The fourth-order valence-corrected chi connectivity index (χ4v) is 0.402. The van der Waals surface area contributed by atoms with Gasteiger partial charge in [-0.15, -0.1) is 0 Å². The Kier molecular flexibility index (Phi) is 4.16. The van der Waals surface area contributed by atoms with E-state index in [1.54, 1.807) is 6.92 Å². The molecular formula is C7H15NO4. The van der Waals surface area contributed by atoms with Gasteiger partial charge in [0.2, 0.25) is 0 Å². The number of ether oxygens (including phenoxy) is 1. The standard InChI is InChI=1S/C7H15NO4/c1-5(10)6(11)12-4-7(2,8)3-9/h5,9-10H,3-4,8H2,1-2H3. The van der Waals surface area contributed by atoms with Crippen LogP contribution in [0.5, 0.6) is 0 Å². The summed E-state index contributed by atoms with van der Waals surface area (Å²) in [5.41, 5.74) is 4.52. The number of nitrogens with two attached hydrogens (primary N) is 1. The van der Waals surface area contributed by atoms with Crippen LogP contribution in [0.25, 0.3) is 0 Å². The maximum atomic E-state index is 10.7. The van der Waals surface area contributed by atoms with E-state index in [4.69, 9.17) is 15.9 Å². The van der Waals surface area contributed by atoms with Gasteiger partial charge in [-0.3, -0.25) is 0 Å². The molecule has 0 aromatic carbocycles. The van der Waals surface area contributed by atoms with Gasteiger partial charge < -0.3 is 20.7 Å². The van der Waals surface area contributed by atoms with E-state index in [-0.39, 0.29) is 13.2 Å². The summed E-state index contributed by atoms with van der Waals surface area (Å²) in [7, 11) is 0. The Balaban J connectivity index is 3.76. The second kappa shape index (κ2) is 4.39. The van der Waals surface area contributed by atoms with Gasteiger partial charge in [0.25, 0.3) is 0 Å². The maximum absolute atomic E-state index is 10.7. The zero-order valence-corrected chi connectivity index (χ0v) is 7.28. The van der Waals surface area contributed by atoms with Crippen molar-refractivity contribution in [3.05, 3.63) is 0 Å². The number of esters is 1. The van der Waals surface area contributed by atoms with E-state index in [0.717, 1.165) is 0 Å². The Morgan fingerprint density at radius 2 is 2.25 bits per heavy atom. The van der Waals surface area contributed by atoms with Crippen LogP contribution in [0.15, 0.2) is 0 Å². The molecule has 0 aromatic heterocycles. The second-order valence-corrected chi connectivity index (χ2v) is 3.10. The minimum atomic E-state index is -1.15. The lowest BCUT2D eigenvalue weighted by Crippen LogP contribution is -2.46. The second-order valence-electron chi connectivity index (χ2n) is 3.10. The first-order valence-corrected chi connectivity index (χ1v) is 3.63. The van der Waals surface area contributed by atoms with Gasteiger partial charge >= 0.3 is 5.97 Å².